The zero-order valence-electron chi connectivity index (χ0n) is 28.4. The minimum Gasteiger partial charge on any atom is -0.371 e. The van der Waals surface area contributed by atoms with E-state index in [1.54, 1.807) is 30.3 Å². The van der Waals surface area contributed by atoms with Gasteiger partial charge in [-0.1, -0.05) is 31.2 Å². The van der Waals surface area contributed by atoms with Crippen LogP contribution in [0.3, 0.4) is 0 Å². The molecule has 3 aromatic carbocycles. The van der Waals surface area contributed by atoms with Gasteiger partial charge in [-0.3, -0.25) is 9.59 Å². The van der Waals surface area contributed by atoms with E-state index in [1.807, 2.05) is 18.2 Å². The summed E-state index contributed by atoms with van der Waals surface area (Å²) in [5.41, 5.74) is 1.18. The zero-order chi connectivity index (χ0) is 35.5. The molecule has 3 fully saturated rings. The third-order valence-corrected chi connectivity index (χ3v) is 12.6. The highest BCUT2D eigenvalue weighted by Crippen LogP contribution is 2.50. The highest BCUT2D eigenvalue weighted by Gasteiger charge is 2.52. The first-order valence-corrected chi connectivity index (χ1v) is 18.8. The van der Waals surface area contributed by atoms with Gasteiger partial charge in [0.1, 0.15) is 5.82 Å². The highest BCUT2D eigenvalue weighted by molar-refractivity contribution is 7.91. The maximum Gasteiger partial charge on any atom is 0.247 e. The maximum absolute atomic E-state index is 14.6. The van der Waals surface area contributed by atoms with Gasteiger partial charge in [0.25, 0.3) is 0 Å². The molecule has 1 saturated carbocycles. The van der Waals surface area contributed by atoms with Crippen LogP contribution in [0, 0.1) is 34.9 Å². The van der Waals surface area contributed by atoms with E-state index in [2.05, 4.69) is 33.1 Å². The van der Waals surface area contributed by atoms with Crippen LogP contribution in [-0.2, 0) is 24.8 Å². The third kappa shape index (κ3) is 7.18. The van der Waals surface area contributed by atoms with Crippen LogP contribution in [0.15, 0.2) is 95.2 Å². The predicted molar refractivity (Wildman–Crippen MR) is 191 cm³/mol. The number of halogens is 1. The van der Waals surface area contributed by atoms with Crippen LogP contribution in [0.4, 0.5) is 15.8 Å². The van der Waals surface area contributed by atoms with E-state index in [0.29, 0.717) is 11.6 Å². The van der Waals surface area contributed by atoms with Gasteiger partial charge in [0.05, 0.1) is 21.3 Å². The first-order chi connectivity index (χ1) is 24.0. The fourth-order valence-electron chi connectivity index (χ4n) is 8.41. The molecule has 0 aromatic heterocycles. The number of amides is 2. The van der Waals surface area contributed by atoms with Crippen LogP contribution in [0.2, 0.25) is 0 Å². The average molecular weight is 698 g/mol. The van der Waals surface area contributed by atoms with Crippen molar-refractivity contribution >= 4 is 33.0 Å². The van der Waals surface area contributed by atoms with Crippen LogP contribution in [0.1, 0.15) is 44.6 Å². The second-order valence-electron chi connectivity index (χ2n) is 13.9. The van der Waals surface area contributed by atoms with Crippen molar-refractivity contribution in [1.29, 1.82) is 5.26 Å². The normalized spacial score (nSPS) is 21.4. The second kappa shape index (κ2) is 14.8. The summed E-state index contributed by atoms with van der Waals surface area (Å²) in [6.07, 6.45) is 5.34. The summed E-state index contributed by atoms with van der Waals surface area (Å²) >= 11 is 0. The number of nitriles is 1. The Kier molecular flexibility index (Phi) is 10.4. The summed E-state index contributed by atoms with van der Waals surface area (Å²) in [5, 5.41) is 16.6. The van der Waals surface area contributed by atoms with Crippen molar-refractivity contribution < 1.29 is 22.4 Å². The Bertz CT molecular complexity index is 1880. The molecule has 0 bridgehead atoms. The molecular weight excluding hydrogens is 654 g/mol. The molecule has 11 heteroatoms. The Labute approximate surface area is 294 Å². The van der Waals surface area contributed by atoms with Crippen LogP contribution in [-0.4, -0.2) is 63.9 Å². The number of nitrogens with zero attached hydrogens (tertiary/aromatic N) is 3. The molecule has 0 radical (unpaired) electrons. The van der Waals surface area contributed by atoms with Crippen LogP contribution in [0.5, 0.6) is 0 Å². The molecule has 6 rings (SSSR count). The minimum absolute atomic E-state index is 0.0472. The number of benzene rings is 3. The number of carbonyl (C=O) groups is 2. The lowest BCUT2D eigenvalue weighted by Crippen LogP contribution is -2.55. The molecule has 2 heterocycles. The van der Waals surface area contributed by atoms with E-state index < -0.39 is 21.2 Å². The lowest BCUT2D eigenvalue weighted by Gasteiger charge is -2.48. The van der Waals surface area contributed by atoms with E-state index >= 15 is 0 Å². The lowest BCUT2D eigenvalue weighted by atomic mass is 9.59. The van der Waals surface area contributed by atoms with Crippen molar-refractivity contribution in [3.8, 4) is 6.07 Å². The summed E-state index contributed by atoms with van der Waals surface area (Å²) in [6, 6.07) is 22.2. The number of nitrogens with one attached hydrogen (secondary N) is 2. The summed E-state index contributed by atoms with van der Waals surface area (Å²) in [7, 11) is -3.78. The highest BCUT2D eigenvalue weighted by atomic mass is 32.2. The molecular formula is C39H44FN5O4S. The molecule has 0 unspecified atom stereocenters. The molecule has 262 valence electrons. The Morgan fingerprint density at radius 3 is 2.38 bits per heavy atom. The van der Waals surface area contributed by atoms with Crippen LogP contribution >= 0.6 is 0 Å². The minimum atomic E-state index is -3.78. The van der Waals surface area contributed by atoms with Crippen molar-refractivity contribution in [1.82, 2.24) is 10.2 Å². The topological polar surface area (TPSA) is 123 Å². The number of rotatable bonds is 11. The Hall–Kier alpha value is -4.53. The van der Waals surface area contributed by atoms with E-state index in [0.717, 1.165) is 82.2 Å². The van der Waals surface area contributed by atoms with Crippen molar-refractivity contribution in [3.05, 3.63) is 96.8 Å². The standard InChI is InChI=1S/C39H44FN5O4S/c1-3-38(47)43-32-9-5-10-35(22-32)50(48,49)34-15-13-33(14-16-34)45-24-28(25-45)23-44-19-17-29(18-20-44)39(26-41,30-7-4-8-31(40)21-30)36-11-6-12-37(36)42-27(2)46/h3-5,7-10,13-16,21-22,28-29,36-37H,1,6,11-12,17-20,23-25H2,2H3,(H,42,46)(H,43,47)/t36-,37-,39-/m0/s1. The van der Waals surface area contributed by atoms with E-state index in [9.17, 15) is 27.7 Å². The summed E-state index contributed by atoms with van der Waals surface area (Å²) in [6.45, 7) is 9.30. The number of hydrogen-bond acceptors (Lipinski definition) is 7. The van der Waals surface area contributed by atoms with E-state index in [1.165, 1.54) is 31.2 Å². The molecule has 9 nitrogen and oxygen atoms in total. The van der Waals surface area contributed by atoms with Crippen molar-refractivity contribution in [2.75, 3.05) is 42.9 Å². The van der Waals surface area contributed by atoms with Gasteiger partial charge in [-0.05, 0) is 111 Å². The maximum atomic E-state index is 14.6. The van der Waals surface area contributed by atoms with Crippen LogP contribution < -0.4 is 15.5 Å². The number of hydrogen-bond donors (Lipinski definition) is 2. The van der Waals surface area contributed by atoms with Gasteiger partial charge in [0.15, 0.2) is 0 Å². The number of piperidine rings is 1. The average Bonchev–Trinajstić information content (AvgIpc) is 3.55. The van der Waals surface area contributed by atoms with Gasteiger partial charge in [-0.2, -0.15) is 5.26 Å². The second-order valence-corrected chi connectivity index (χ2v) is 15.8. The Morgan fingerprint density at radius 2 is 1.72 bits per heavy atom. The molecule has 2 saturated heterocycles. The first kappa shape index (κ1) is 35.3. The molecule has 2 N–H and O–H groups in total. The lowest BCUT2D eigenvalue weighted by molar-refractivity contribution is -0.120. The fourth-order valence-corrected chi connectivity index (χ4v) is 9.72. The Morgan fingerprint density at radius 1 is 1.00 bits per heavy atom. The quantitative estimate of drug-likeness (QED) is 0.247. The largest absolute Gasteiger partial charge is 0.371 e. The third-order valence-electron chi connectivity index (χ3n) is 10.8. The molecule has 2 amide bonds. The fraction of sp³-hybridized carbons (Fsp3) is 0.410. The molecule has 1 aliphatic carbocycles. The smallest absolute Gasteiger partial charge is 0.247 e. The summed E-state index contributed by atoms with van der Waals surface area (Å²) < 4.78 is 41.2. The number of sulfone groups is 1. The zero-order valence-corrected chi connectivity index (χ0v) is 29.2. The van der Waals surface area contributed by atoms with Gasteiger partial charge in [0.2, 0.25) is 21.7 Å². The number of likely N-dealkylation sites (tertiary alicyclic amines) is 1. The van der Waals surface area contributed by atoms with Crippen molar-refractivity contribution in [2.45, 2.75) is 60.3 Å². The van der Waals surface area contributed by atoms with Gasteiger partial charge in [-0.25, -0.2) is 12.8 Å². The molecule has 3 atom stereocenters. The van der Waals surface area contributed by atoms with Gasteiger partial charge >= 0.3 is 0 Å². The molecule has 2 aliphatic heterocycles. The van der Waals surface area contributed by atoms with Crippen molar-refractivity contribution in [3.63, 3.8) is 0 Å². The van der Waals surface area contributed by atoms with Crippen molar-refractivity contribution in [2.24, 2.45) is 17.8 Å². The summed E-state index contributed by atoms with van der Waals surface area (Å²) in [4.78, 5) is 28.7. The van der Waals surface area contributed by atoms with Crippen LogP contribution in [0.25, 0.3) is 0 Å². The molecule has 0 spiro atoms. The number of anilines is 2. The Balaban J connectivity index is 1.06. The van der Waals surface area contributed by atoms with E-state index in [4.69, 9.17) is 0 Å². The van der Waals surface area contributed by atoms with Gasteiger partial charge < -0.3 is 20.4 Å². The predicted octanol–water partition coefficient (Wildman–Crippen LogP) is 5.70. The molecule has 3 aliphatic rings. The monoisotopic (exact) mass is 697 g/mol. The number of carbonyl (C=O) groups excluding carboxylic acids is 2. The van der Waals surface area contributed by atoms with Gasteiger partial charge in [0, 0.05) is 55.8 Å². The molecule has 50 heavy (non-hydrogen) atoms. The van der Waals surface area contributed by atoms with E-state index in [-0.39, 0.29) is 39.4 Å². The SMILES string of the molecule is C=CC(=O)Nc1cccc(S(=O)(=O)c2ccc(N3CC(CN4CCC([C@@](C#N)(c5cccc(F)c5)[C@H]5CCC[C@@H]5NC(C)=O)CC4)C3)cc2)c1. The first-order valence-electron chi connectivity index (χ1n) is 17.3. The summed E-state index contributed by atoms with van der Waals surface area (Å²) in [5.74, 6) is -0.429. The van der Waals surface area contributed by atoms with Gasteiger partial charge in [-0.15, -0.1) is 0 Å². The molecule has 3 aromatic rings.